The molecule has 34 heavy (non-hydrogen) atoms. The second-order valence-corrected chi connectivity index (χ2v) is 9.17. The fraction of sp³-hybridized carbons (Fsp3) is 0.375. The van der Waals surface area contributed by atoms with E-state index in [1.165, 1.54) is 30.1 Å². The smallest absolute Gasteiger partial charge is 0.266 e. The van der Waals surface area contributed by atoms with Crippen LogP contribution in [0.5, 0.6) is 0 Å². The molecule has 3 aromatic heterocycles. The van der Waals surface area contributed by atoms with E-state index >= 15 is 0 Å². The molecule has 174 valence electrons. The molecule has 10 heteroatoms. The molecule has 6 heterocycles. The van der Waals surface area contributed by atoms with Gasteiger partial charge in [-0.25, -0.2) is 23.7 Å². The third kappa shape index (κ3) is 3.72. The minimum Gasteiger partial charge on any atom is -0.349 e. The quantitative estimate of drug-likeness (QED) is 0.618. The van der Waals surface area contributed by atoms with Crippen LogP contribution in [0, 0.1) is 5.92 Å². The van der Waals surface area contributed by atoms with Crippen LogP contribution in [0.25, 0.3) is 11.3 Å². The van der Waals surface area contributed by atoms with E-state index in [0.717, 1.165) is 12.5 Å². The van der Waals surface area contributed by atoms with Gasteiger partial charge in [-0.2, -0.15) is 0 Å². The maximum atomic E-state index is 14.0. The van der Waals surface area contributed by atoms with Crippen molar-refractivity contribution in [3.05, 3.63) is 54.6 Å². The summed E-state index contributed by atoms with van der Waals surface area (Å²) in [5.74, 6) is -1.58. The van der Waals surface area contributed by atoms with Gasteiger partial charge in [0.25, 0.3) is 11.8 Å². The van der Waals surface area contributed by atoms with Gasteiger partial charge >= 0.3 is 0 Å². The van der Waals surface area contributed by atoms with Crippen LogP contribution in [0.4, 0.5) is 26.2 Å². The van der Waals surface area contributed by atoms with Gasteiger partial charge in [0.15, 0.2) is 5.82 Å². The van der Waals surface area contributed by atoms with Crippen molar-refractivity contribution in [1.29, 1.82) is 0 Å². The minimum absolute atomic E-state index is 0.143. The molecule has 0 unspecified atom stereocenters. The van der Waals surface area contributed by atoms with Gasteiger partial charge < -0.3 is 15.1 Å². The van der Waals surface area contributed by atoms with Gasteiger partial charge in [0.1, 0.15) is 0 Å². The summed E-state index contributed by atoms with van der Waals surface area (Å²) in [6.45, 7) is 0.651. The Bertz CT molecular complexity index is 1220. The highest BCUT2D eigenvalue weighted by molar-refractivity contribution is 6.07. The molecule has 0 radical (unpaired) electrons. The first kappa shape index (κ1) is 20.9. The molecular formula is C24H23F2N7O. The van der Waals surface area contributed by atoms with Crippen molar-refractivity contribution >= 4 is 23.4 Å². The van der Waals surface area contributed by atoms with Crippen molar-refractivity contribution in [2.75, 3.05) is 34.8 Å². The van der Waals surface area contributed by atoms with E-state index in [1.807, 2.05) is 6.07 Å². The molecule has 1 aliphatic carbocycles. The number of anilines is 3. The van der Waals surface area contributed by atoms with Gasteiger partial charge in [0, 0.05) is 55.9 Å². The number of nitrogens with zero attached hydrogens (tertiary/aromatic N) is 6. The summed E-state index contributed by atoms with van der Waals surface area (Å²) < 4.78 is 27.9. The SMILES string of the molecule is O=C(Nc1c(-c2ccccn2)ccnc1N1CCC(F)(F)C1)c1cnc(N2CC3CC2C3)nc1. The number of aromatic nitrogens is 4. The van der Waals surface area contributed by atoms with Crippen molar-refractivity contribution in [3.8, 4) is 11.3 Å². The summed E-state index contributed by atoms with van der Waals surface area (Å²) >= 11 is 0. The lowest BCUT2D eigenvalue weighted by atomic mass is 9.86. The molecule has 7 rings (SSSR count). The Morgan fingerprint density at radius 1 is 1.06 bits per heavy atom. The molecular weight excluding hydrogens is 440 g/mol. The number of amides is 1. The second kappa shape index (κ2) is 7.96. The van der Waals surface area contributed by atoms with E-state index in [9.17, 15) is 13.6 Å². The van der Waals surface area contributed by atoms with E-state index in [1.54, 1.807) is 30.6 Å². The molecule has 2 bridgehead atoms. The third-order valence-electron chi connectivity index (χ3n) is 6.84. The van der Waals surface area contributed by atoms with Crippen LogP contribution >= 0.6 is 0 Å². The Morgan fingerprint density at radius 3 is 2.53 bits per heavy atom. The number of pyridine rings is 2. The first-order valence-electron chi connectivity index (χ1n) is 11.4. The minimum atomic E-state index is -2.80. The second-order valence-electron chi connectivity index (χ2n) is 9.17. The fourth-order valence-electron chi connectivity index (χ4n) is 5.01. The zero-order chi connectivity index (χ0) is 23.3. The van der Waals surface area contributed by atoms with Gasteiger partial charge in [0.05, 0.1) is 23.5 Å². The summed E-state index contributed by atoms with van der Waals surface area (Å²) in [4.78, 5) is 34.4. The Labute approximate surface area is 195 Å². The number of halogens is 2. The summed E-state index contributed by atoms with van der Waals surface area (Å²) in [5, 5.41) is 2.88. The van der Waals surface area contributed by atoms with Crippen molar-refractivity contribution in [2.45, 2.75) is 31.2 Å². The lowest BCUT2D eigenvalue weighted by molar-refractivity contribution is 0.0257. The van der Waals surface area contributed by atoms with Crippen LogP contribution in [0.2, 0.25) is 0 Å². The van der Waals surface area contributed by atoms with Crippen LogP contribution in [-0.4, -0.2) is 57.4 Å². The zero-order valence-corrected chi connectivity index (χ0v) is 18.4. The van der Waals surface area contributed by atoms with E-state index in [2.05, 4.69) is 30.2 Å². The average molecular weight is 463 g/mol. The Hall–Kier alpha value is -3.69. The molecule has 8 nitrogen and oxygen atoms in total. The molecule has 0 aromatic carbocycles. The van der Waals surface area contributed by atoms with Gasteiger partial charge in [-0.05, 0) is 37.0 Å². The molecule has 4 fully saturated rings. The van der Waals surface area contributed by atoms with Gasteiger partial charge in [-0.1, -0.05) is 6.07 Å². The maximum absolute atomic E-state index is 14.0. The van der Waals surface area contributed by atoms with Crippen LogP contribution < -0.4 is 15.1 Å². The number of carbonyl (C=O) groups excluding carboxylic acids is 1. The van der Waals surface area contributed by atoms with Crippen LogP contribution in [0.15, 0.2) is 49.1 Å². The molecule has 0 spiro atoms. The van der Waals surface area contributed by atoms with Gasteiger partial charge in [0.2, 0.25) is 5.95 Å². The molecule has 4 aliphatic rings. The normalized spacial score (nSPS) is 22.5. The first-order chi connectivity index (χ1) is 16.5. The van der Waals surface area contributed by atoms with Crippen LogP contribution in [0.1, 0.15) is 29.6 Å². The monoisotopic (exact) mass is 463 g/mol. The van der Waals surface area contributed by atoms with Crippen molar-refractivity contribution in [1.82, 2.24) is 19.9 Å². The van der Waals surface area contributed by atoms with Crippen LogP contribution in [0.3, 0.4) is 0 Å². The van der Waals surface area contributed by atoms with Gasteiger partial charge in [-0.3, -0.25) is 9.78 Å². The highest BCUT2D eigenvalue weighted by atomic mass is 19.3. The molecule has 1 N–H and O–H groups in total. The maximum Gasteiger partial charge on any atom is 0.266 e. The largest absolute Gasteiger partial charge is 0.349 e. The summed E-state index contributed by atoms with van der Waals surface area (Å²) in [7, 11) is 0. The molecule has 0 atom stereocenters. The van der Waals surface area contributed by atoms with Crippen LogP contribution in [-0.2, 0) is 0 Å². The highest BCUT2D eigenvalue weighted by Gasteiger charge is 2.44. The van der Waals surface area contributed by atoms with E-state index in [0.29, 0.717) is 34.8 Å². The third-order valence-corrected chi connectivity index (χ3v) is 6.84. The molecule has 3 aromatic rings. The fourth-order valence-corrected chi connectivity index (χ4v) is 5.01. The Balaban J connectivity index is 1.31. The lowest BCUT2D eigenvalue weighted by Crippen LogP contribution is -2.30. The molecule has 3 aliphatic heterocycles. The average Bonchev–Trinajstić information content (AvgIpc) is 3.54. The van der Waals surface area contributed by atoms with Crippen molar-refractivity contribution in [3.63, 3.8) is 0 Å². The number of hydrogen-bond acceptors (Lipinski definition) is 7. The molecule has 1 saturated carbocycles. The van der Waals surface area contributed by atoms with Gasteiger partial charge in [-0.15, -0.1) is 0 Å². The topological polar surface area (TPSA) is 87.1 Å². The number of carbonyl (C=O) groups is 1. The lowest BCUT2D eigenvalue weighted by Gasteiger charge is -2.25. The summed E-state index contributed by atoms with van der Waals surface area (Å²) in [6, 6.07) is 7.63. The number of rotatable bonds is 5. The number of alkyl halides is 2. The predicted octanol–water partition coefficient (Wildman–Crippen LogP) is 3.63. The summed E-state index contributed by atoms with van der Waals surface area (Å²) in [5.41, 5.74) is 1.83. The number of fused-ring (bicyclic) bond motifs is 1. The number of nitrogens with one attached hydrogen (secondary N) is 1. The highest BCUT2D eigenvalue weighted by Crippen LogP contribution is 2.42. The molecule has 3 saturated heterocycles. The van der Waals surface area contributed by atoms with Crippen molar-refractivity contribution in [2.24, 2.45) is 5.92 Å². The van der Waals surface area contributed by atoms with E-state index in [-0.39, 0.29) is 18.5 Å². The standard InChI is InChI=1S/C24H23F2N7O/c25-24(26)5-8-32(14-24)21-20(18(4-7-28-21)19-3-1-2-6-27-19)31-22(34)16-11-29-23(30-12-16)33-13-15-9-17(33)10-15/h1-4,6-7,11-12,15,17H,5,8-10,13-14H2,(H,31,34). The Kier molecular flexibility index (Phi) is 4.89. The Morgan fingerprint density at radius 2 is 1.88 bits per heavy atom. The molecule has 1 amide bonds. The number of hydrogen-bond donors (Lipinski definition) is 1. The summed E-state index contributed by atoms with van der Waals surface area (Å²) in [6.07, 6.45) is 8.30. The predicted molar refractivity (Wildman–Crippen MR) is 123 cm³/mol. The zero-order valence-electron chi connectivity index (χ0n) is 18.4. The van der Waals surface area contributed by atoms with E-state index in [4.69, 9.17) is 0 Å². The van der Waals surface area contributed by atoms with Crippen molar-refractivity contribution < 1.29 is 13.6 Å². The first-order valence-corrected chi connectivity index (χ1v) is 11.4. The van der Waals surface area contributed by atoms with E-state index < -0.39 is 18.4 Å².